The molecule has 16 heavy (non-hydrogen) atoms. The van der Waals surface area contributed by atoms with Crippen LogP contribution in [0, 0.1) is 0 Å². The van der Waals surface area contributed by atoms with Crippen LogP contribution in [0.3, 0.4) is 0 Å². The zero-order valence-corrected chi connectivity index (χ0v) is 11.0. The van der Waals surface area contributed by atoms with Gasteiger partial charge in [-0.25, -0.2) is 0 Å². The van der Waals surface area contributed by atoms with Gasteiger partial charge in [-0.1, -0.05) is 0 Å². The molecule has 0 aliphatic rings. The van der Waals surface area contributed by atoms with Crippen molar-refractivity contribution in [2.24, 2.45) is 0 Å². The summed E-state index contributed by atoms with van der Waals surface area (Å²) in [5, 5.41) is 9.96. The third-order valence-corrected chi connectivity index (χ3v) is 2.91. The molecule has 0 fully saturated rings. The first kappa shape index (κ1) is 13.2. The van der Waals surface area contributed by atoms with E-state index >= 15 is 0 Å². The Bertz CT molecular complexity index is 409. The Hall–Kier alpha value is -0.816. The monoisotopic (exact) mass is 263 g/mol. The first-order valence-electron chi connectivity index (χ1n) is 5.38. The molecule has 0 saturated heterocycles. The maximum absolute atomic E-state index is 11.3. The predicted octanol–water partition coefficient (Wildman–Crippen LogP) is 3.33. The van der Waals surface area contributed by atoms with Crippen LogP contribution in [0.15, 0.2) is 12.1 Å². The van der Waals surface area contributed by atoms with Gasteiger partial charge in [0, 0.05) is 0 Å². The second-order valence-electron chi connectivity index (χ2n) is 4.56. The van der Waals surface area contributed by atoms with E-state index in [9.17, 15) is 9.90 Å². The zero-order valence-electron chi connectivity index (χ0n) is 9.98. The van der Waals surface area contributed by atoms with E-state index in [0.717, 1.165) is 11.1 Å². The van der Waals surface area contributed by atoms with E-state index in [1.54, 1.807) is 6.07 Å². The van der Waals surface area contributed by atoms with Crippen LogP contribution >= 0.6 is 0 Å². The standard InChI is InChI=1S/C13H17O2.Ni/c1-8(2)10-5-11(7-14)13(15)12(6-10)9(3)4;/h5-6,8-9,15H,1-4H3;. The molecule has 1 rings (SSSR count). The van der Waals surface area contributed by atoms with Crippen LogP contribution in [-0.2, 0) is 15.5 Å². The molecule has 0 spiro atoms. The van der Waals surface area contributed by atoms with E-state index in [1.807, 2.05) is 19.9 Å². The Labute approximate surface area is 104 Å². The van der Waals surface area contributed by atoms with Crippen molar-refractivity contribution in [2.75, 3.05) is 0 Å². The minimum absolute atomic E-state index is 0.0515. The molecule has 1 aromatic rings. The average Bonchev–Trinajstić information content (AvgIpc) is 2.16. The summed E-state index contributed by atoms with van der Waals surface area (Å²) in [6.45, 7) is 8.08. The van der Waals surface area contributed by atoms with Gasteiger partial charge in [-0.3, -0.25) is 0 Å². The van der Waals surface area contributed by atoms with Crippen molar-refractivity contribution in [1.29, 1.82) is 0 Å². The molecule has 0 amide bonds. The molecule has 0 saturated carbocycles. The van der Waals surface area contributed by atoms with Gasteiger partial charge >= 0.3 is 104 Å². The molecule has 1 N–H and O–H groups in total. The topological polar surface area (TPSA) is 37.3 Å². The SMILES string of the molecule is CC(C)c1cc([C](=O)[Ni])c(O)c(C(C)C)c1. The Balaban J connectivity index is 3.45. The predicted molar refractivity (Wildman–Crippen MR) is 60.6 cm³/mol. The van der Waals surface area contributed by atoms with Crippen LogP contribution in [0.25, 0.3) is 0 Å². The fourth-order valence-corrected chi connectivity index (χ4v) is 1.78. The van der Waals surface area contributed by atoms with Gasteiger partial charge in [0.1, 0.15) is 0 Å². The molecule has 1 aromatic carbocycles. The molecule has 91 valence electrons. The zero-order chi connectivity index (χ0) is 12.5. The molecule has 0 bridgehead atoms. The summed E-state index contributed by atoms with van der Waals surface area (Å²) >= 11 is 4.31. The number of aromatic hydroxyl groups is 1. The summed E-state index contributed by atoms with van der Waals surface area (Å²) in [6, 6.07) is 3.66. The number of hydrogen-bond acceptors (Lipinski definition) is 2. The summed E-state index contributed by atoms with van der Waals surface area (Å²) in [4.78, 5) is 11.3. The van der Waals surface area contributed by atoms with Crippen LogP contribution in [0.5, 0.6) is 5.75 Å². The minimum atomic E-state index is -0.457. The Morgan fingerprint density at radius 1 is 1.19 bits per heavy atom. The van der Waals surface area contributed by atoms with Crippen molar-refractivity contribution >= 4 is 4.75 Å². The van der Waals surface area contributed by atoms with Gasteiger partial charge in [0.15, 0.2) is 0 Å². The van der Waals surface area contributed by atoms with Gasteiger partial charge in [-0.2, -0.15) is 0 Å². The first-order valence-corrected chi connectivity index (χ1v) is 5.87. The summed E-state index contributed by atoms with van der Waals surface area (Å²) in [5.74, 6) is 0.545. The second kappa shape index (κ2) is 5.01. The molecule has 3 heteroatoms. The molecule has 0 aromatic heterocycles. The van der Waals surface area contributed by atoms with Gasteiger partial charge in [0.2, 0.25) is 0 Å². The maximum atomic E-state index is 11.3. The van der Waals surface area contributed by atoms with Crippen molar-refractivity contribution < 1.29 is 25.4 Å². The number of phenolic OH excluding ortho intramolecular Hbond substituents is 1. The van der Waals surface area contributed by atoms with Gasteiger partial charge in [-0.15, -0.1) is 0 Å². The van der Waals surface area contributed by atoms with Crippen LogP contribution < -0.4 is 0 Å². The molecule has 0 unspecified atom stereocenters. The van der Waals surface area contributed by atoms with Crippen molar-refractivity contribution in [3.05, 3.63) is 28.8 Å². The van der Waals surface area contributed by atoms with E-state index in [0.29, 0.717) is 5.92 Å². The third kappa shape index (κ3) is 2.65. The van der Waals surface area contributed by atoms with E-state index in [4.69, 9.17) is 0 Å². The van der Waals surface area contributed by atoms with Gasteiger partial charge in [0.25, 0.3) is 0 Å². The van der Waals surface area contributed by atoms with Gasteiger partial charge in [0.05, 0.1) is 0 Å². The molecule has 0 radical (unpaired) electrons. The van der Waals surface area contributed by atoms with Crippen LogP contribution in [0.1, 0.15) is 61.0 Å². The quantitative estimate of drug-likeness (QED) is 0.850. The molecule has 0 heterocycles. The molecule has 0 aliphatic carbocycles. The molecule has 0 aliphatic heterocycles. The Morgan fingerprint density at radius 3 is 2.12 bits per heavy atom. The summed E-state index contributed by atoms with van der Waals surface area (Å²) in [7, 11) is 0. The first-order chi connectivity index (χ1) is 7.34. The normalized spacial score (nSPS) is 11.2. The van der Waals surface area contributed by atoms with Crippen LogP contribution in [0.4, 0.5) is 0 Å². The number of benzene rings is 1. The van der Waals surface area contributed by atoms with E-state index in [-0.39, 0.29) is 17.2 Å². The van der Waals surface area contributed by atoms with E-state index < -0.39 is 4.75 Å². The molecule has 2 nitrogen and oxygen atoms in total. The molecule has 0 atom stereocenters. The number of phenols is 1. The number of carbonyl (C=O) groups excluding carboxylic acids is 1. The van der Waals surface area contributed by atoms with Crippen molar-refractivity contribution in [3.8, 4) is 5.75 Å². The second-order valence-corrected chi connectivity index (χ2v) is 5.01. The number of hydrogen-bond donors (Lipinski definition) is 1. The van der Waals surface area contributed by atoms with Crippen molar-refractivity contribution in [1.82, 2.24) is 0 Å². The summed E-state index contributed by atoms with van der Waals surface area (Å²) in [5.41, 5.74) is 2.11. The fraction of sp³-hybridized carbons (Fsp3) is 0.462. The van der Waals surface area contributed by atoms with Crippen molar-refractivity contribution in [3.63, 3.8) is 0 Å². The van der Waals surface area contributed by atoms with Gasteiger partial charge in [-0.05, 0) is 0 Å². The third-order valence-electron chi connectivity index (χ3n) is 2.65. The van der Waals surface area contributed by atoms with Crippen molar-refractivity contribution in [2.45, 2.75) is 39.5 Å². The molecular weight excluding hydrogens is 247 g/mol. The number of rotatable bonds is 3. The van der Waals surface area contributed by atoms with Gasteiger partial charge < -0.3 is 0 Å². The van der Waals surface area contributed by atoms with Crippen LogP contribution in [-0.4, -0.2) is 9.86 Å². The summed E-state index contributed by atoms with van der Waals surface area (Å²) < 4.78 is -0.457. The van der Waals surface area contributed by atoms with E-state index in [1.165, 1.54) is 0 Å². The fourth-order valence-electron chi connectivity index (χ4n) is 1.59. The molecular formula is C13H17NiO2. The Kier molecular flexibility index (Phi) is 4.15. The Morgan fingerprint density at radius 2 is 1.75 bits per heavy atom. The summed E-state index contributed by atoms with van der Waals surface area (Å²) in [6.07, 6.45) is 0. The average molecular weight is 264 g/mol. The van der Waals surface area contributed by atoms with Crippen LogP contribution in [0.2, 0.25) is 0 Å². The number of carbonyl (C=O) groups is 1. The van der Waals surface area contributed by atoms with E-state index in [2.05, 4.69) is 29.3 Å².